The van der Waals surface area contributed by atoms with Crippen LogP contribution in [0.1, 0.15) is 51.5 Å². The molecule has 0 saturated heterocycles. The van der Waals surface area contributed by atoms with E-state index >= 15 is 0 Å². The molecule has 0 aliphatic carbocycles. The van der Waals surface area contributed by atoms with Gasteiger partial charge in [-0.1, -0.05) is 26.2 Å². The summed E-state index contributed by atoms with van der Waals surface area (Å²) in [6, 6.07) is 3.63. The number of nitrogen functional groups attached to an aromatic ring is 1. The van der Waals surface area contributed by atoms with Crippen LogP contribution in [0, 0.1) is 0 Å². The Morgan fingerprint density at radius 1 is 1.20 bits per heavy atom. The van der Waals surface area contributed by atoms with Crippen LogP contribution in [0.3, 0.4) is 0 Å². The second-order valence-corrected chi connectivity index (χ2v) is 5.03. The highest BCUT2D eigenvalue weighted by molar-refractivity contribution is 5.49. The molecule has 0 bridgehead atoms. The van der Waals surface area contributed by atoms with Crippen molar-refractivity contribution >= 4 is 5.69 Å². The van der Waals surface area contributed by atoms with E-state index in [0.717, 1.165) is 38.2 Å². The van der Waals surface area contributed by atoms with E-state index in [0.29, 0.717) is 0 Å². The lowest BCUT2D eigenvalue weighted by atomic mass is 10.1. The number of ether oxygens (including phenoxy) is 1. The minimum absolute atomic E-state index is 0.0836. The first-order valence-corrected chi connectivity index (χ1v) is 6.98. The highest BCUT2D eigenvalue weighted by atomic mass is 19.4. The van der Waals surface area contributed by atoms with Crippen LogP contribution in [0.25, 0.3) is 0 Å². The molecule has 0 saturated carbocycles. The van der Waals surface area contributed by atoms with E-state index < -0.39 is 11.7 Å². The zero-order chi connectivity index (χ0) is 15.2. The lowest BCUT2D eigenvalue weighted by Crippen LogP contribution is -2.16. The Morgan fingerprint density at radius 2 is 1.90 bits per heavy atom. The molecule has 0 amide bonds. The van der Waals surface area contributed by atoms with Crippen LogP contribution in [0.4, 0.5) is 18.9 Å². The average molecular weight is 289 g/mol. The van der Waals surface area contributed by atoms with Gasteiger partial charge in [-0.2, -0.15) is 13.2 Å². The van der Waals surface area contributed by atoms with Crippen molar-refractivity contribution in [2.75, 3.05) is 5.73 Å². The fourth-order valence-corrected chi connectivity index (χ4v) is 2.01. The van der Waals surface area contributed by atoms with Crippen molar-refractivity contribution < 1.29 is 17.9 Å². The van der Waals surface area contributed by atoms with Crippen LogP contribution >= 0.6 is 0 Å². The minimum Gasteiger partial charge on any atom is -0.490 e. The summed E-state index contributed by atoms with van der Waals surface area (Å²) in [6.45, 7) is 3.91. The first-order chi connectivity index (χ1) is 9.34. The standard InChI is InChI=1S/C15H22F3NO/c1-3-4-5-6-7-11(2)20-14-9-8-12(19)10-13(14)15(16,17)18/h8-11H,3-7,19H2,1-2H3/t11-/m1/s1. The van der Waals surface area contributed by atoms with Crippen LogP contribution < -0.4 is 10.5 Å². The summed E-state index contributed by atoms with van der Waals surface area (Å²) in [5, 5.41) is 0. The molecule has 2 N–H and O–H groups in total. The molecule has 1 aromatic carbocycles. The first kappa shape index (κ1) is 16.7. The summed E-state index contributed by atoms with van der Waals surface area (Å²) in [6.07, 6.45) is 0.377. The number of hydrogen-bond donors (Lipinski definition) is 1. The molecule has 5 heteroatoms. The Labute approximate surface area is 118 Å². The van der Waals surface area contributed by atoms with E-state index in [1.54, 1.807) is 6.92 Å². The Balaban J connectivity index is 2.67. The number of unbranched alkanes of at least 4 members (excludes halogenated alkanes) is 3. The highest BCUT2D eigenvalue weighted by Gasteiger charge is 2.34. The molecule has 0 aliphatic heterocycles. The zero-order valence-corrected chi connectivity index (χ0v) is 12.0. The van der Waals surface area contributed by atoms with Crippen LogP contribution in [0.5, 0.6) is 5.75 Å². The van der Waals surface area contributed by atoms with Crippen molar-refractivity contribution in [3.8, 4) is 5.75 Å². The zero-order valence-electron chi connectivity index (χ0n) is 12.0. The van der Waals surface area contributed by atoms with Gasteiger partial charge in [0.15, 0.2) is 0 Å². The van der Waals surface area contributed by atoms with Gasteiger partial charge >= 0.3 is 6.18 Å². The van der Waals surface area contributed by atoms with Crippen molar-refractivity contribution in [3.63, 3.8) is 0 Å². The lowest BCUT2D eigenvalue weighted by Gasteiger charge is -2.19. The maximum atomic E-state index is 12.9. The third-order valence-electron chi connectivity index (χ3n) is 3.10. The Kier molecular flexibility index (Phi) is 6.17. The SMILES string of the molecule is CCCCCC[C@@H](C)Oc1ccc(N)cc1C(F)(F)F. The van der Waals surface area contributed by atoms with Crippen molar-refractivity contribution in [2.24, 2.45) is 0 Å². The Morgan fingerprint density at radius 3 is 2.50 bits per heavy atom. The number of benzene rings is 1. The molecule has 20 heavy (non-hydrogen) atoms. The van der Waals surface area contributed by atoms with Gasteiger partial charge in [0.1, 0.15) is 5.75 Å². The lowest BCUT2D eigenvalue weighted by molar-refractivity contribution is -0.139. The number of hydrogen-bond acceptors (Lipinski definition) is 2. The number of nitrogens with two attached hydrogens (primary N) is 1. The van der Waals surface area contributed by atoms with Crippen LogP contribution in [0.2, 0.25) is 0 Å². The number of halogens is 3. The van der Waals surface area contributed by atoms with Crippen LogP contribution in [-0.2, 0) is 6.18 Å². The quantitative estimate of drug-likeness (QED) is 0.564. The summed E-state index contributed by atoms with van der Waals surface area (Å²) in [5.74, 6) is -0.144. The van der Waals surface area contributed by atoms with Crippen LogP contribution in [-0.4, -0.2) is 6.10 Å². The van der Waals surface area contributed by atoms with Crippen molar-refractivity contribution in [3.05, 3.63) is 23.8 Å². The largest absolute Gasteiger partial charge is 0.490 e. The third-order valence-corrected chi connectivity index (χ3v) is 3.10. The molecule has 1 rings (SSSR count). The molecule has 0 unspecified atom stereocenters. The van der Waals surface area contributed by atoms with Gasteiger partial charge in [0.2, 0.25) is 0 Å². The van der Waals surface area contributed by atoms with Gasteiger partial charge in [-0.15, -0.1) is 0 Å². The van der Waals surface area contributed by atoms with E-state index in [4.69, 9.17) is 10.5 Å². The van der Waals surface area contributed by atoms with E-state index in [9.17, 15) is 13.2 Å². The summed E-state index contributed by atoms with van der Waals surface area (Å²) >= 11 is 0. The van der Waals surface area contributed by atoms with Gasteiger partial charge < -0.3 is 10.5 Å². The van der Waals surface area contributed by atoms with Gasteiger partial charge in [-0.05, 0) is 38.0 Å². The molecule has 114 valence electrons. The summed E-state index contributed by atoms with van der Waals surface area (Å²) < 4.78 is 44.1. The fourth-order valence-electron chi connectivity index (χ4n) is 2.01. The monoisotopic (exact) mass is 289 g/mol. The highest BCUT2D eigenvalue weighted by Crippen LogP contribution is 2.38. The van der Waals surface area contributed by atoms with Gasteiger partial charge in [-0.3, -0.25) is 0 Å². The molecular weight excluding hydrogens is 267 g/mol. The second-order valence-electron chi connectivity index (χ2n) is 5.03. The molecule has 0 fully saturated rings. The molecular formula is C15H22F3NO. The molecule has 0 aliphatic rings. The second kappa shape index (κ2) is 7.41. The molecule has 0 heterocycles. The van der Waals surface area contributed by atoms with Crippen molar-refractivity contribution in [1.29, 1.82) is 0 Å². The number of anilines is 1. The maximum absolute atomic E-state index is 12.9. The van der Waals surface area contributed by atoms with E-state index in [1.165, 1.54) is 12.1 Å². The van der Waals surface area contributed by atoms with E-state index in [2.05, 4.69) is 6.92 Å². The molecule has 1 aromatic rings. The maximum Gasteiger partial charge on any atom is 0.420 e. The predicted octanol–water partition coefficient (Wildman–Crippen LogP) is 5.03. The van der Waals surface area contributed by atoms with E-state index in [1.807, 2.05) is 0 Å². The Bertz CT molecular complexity index is 418. The normalized spacial score (nSPS) is 13.2. The van der Waals surface area contributed by atoms with Gasteiger partial charge in [-0.25, -0.2) is 0 Å². The van der Waals surface area contributed by atoms with Crippen LogP contribution in [0.15, 0.2) is 18.2 Å². The molecule has 0 aromatic heterocycles. The fraction of sp³-hybridized carbons (Fsp3) is 0.600. The molecule has 2 nitrogen and oxygen atoms in total. The summed E-state index contributed by atoms with van der Waals surface area (Å²) in [7, 11) is 0. The molecule has 1 atom stereocenters. The smallest absolute Gasteiger partial charge is 0.420 e. The van der Waals surface area contributed by atoms with Gasteiger partial charge in [0.25, 0.3) is 0 Å². The minimum atomic E-state index is -4.45. The molecule has 0 spiro atoms. The predicted molar refractivity (Wildman–Crippen MR) is 74.7 cm³/mol. The van der Waals surface area contributed by atoms with Crippen molar-refractivity contribution in [2.45, 2.75) is 58.2 Å². The summed E-state index contributed by atoms with van der Waals surface area (Å²) in [5.41, 5.74) is 4.69. The topological polar surface area (TPSA) is 35.2 Å². The Hall–Kier alpha value is -1.39. The first-order valence-electron chi connectivity index (χ1n) is 6.98. The molecule has 0 radical (unpaired) electrons. The van der Waals surface area contributed by atoms with E-state index in [-0.39, 0.29) is 17.5 Å². The number of rotatable bonds is 7. The summed E-state index contributed by atoms with van der Waals surface area (Å²) in [4.78, 5) is 0. The van der Waals surface area contributed by atoms with Gasteiger partial charge in [0, 0.05) is 5.69 Å². The third kappa shape index (κ3) is 5.31. The number of alkyl halides is 3. The average Bonchev–Trinajstić information content (AvgIpc) is 2.35. The van der Waals surface area contributed by atoms with Crippen molar-refractivity contribution in [1.82, 2.24) is 0 Å². The van der Waals surface area contributed by atoms with Gasteiger partial charge in [0.05, 0.1) is 11.7 Å².